The van der Waals surface area contributed by atoms with Gasteiger partial charge in [0.2, 0.25) is 0 Å². The van der Waals surface area contributed by atoms with E-state index in [1.54, 1.807) is 4.90 Å². The van der Waals surface area contributed by atoms with E-state index in [9.17, 15) is 9.59 Å². The van der Waals surface area contributed by atoms with Crippen molar-refractivity contribution in [2.75, 3.05) is 6.54 Å². The molecule has 118 valence electrons. The number of carbonyl (C=O) groups excluding carboxylic acids is 2. The second kappa shape index (κ2) is 5.99. The Bertz CT molecular complexity index is 559. The third-order valence-corrected chi connectivity index (χ3v) is 4.57. The lowest BCUT2D eigenvalue weighted by Crippen LogP contribution is -2.50. The van der Waals surface area contributed by atoms with Crippen LogP contribution in [0.2, 0.25) is 0 Å². The fourth-order valence-corrected chi connectivity index (χ4v) is 3.37. The molecule has 0 spiro atoms. The van der Waals surface area contributed by atoms with Crippen LogP contribution >= 0.6 is 0 Å². The van der Waals surface area contributed by atoms with Crippen LogP contribution in [0, 0.1) is 0 Å². The average Bonchev–Trinajstić information content (AvgIpc) is 3.14. The second-order valence-electron chi connectivity index (χ2n) is 6.18. The largest absolute Gasteiger partial charge is 0.457 e. The lowest BCUT2D eigenvalue weighted by Gasteiger charge is -2.35. The number of ether oxygens (including phenoxy) is 2. The minimum absolute atomic E-state index is 0.0813. The highest BCUT2D eigenvalue weighted by Gasteiger charge is 2.49. The number of likely N-dealkylation sites (tertiary alicyclic amines) is 1. The Morgan fingerprint density at radius 1 is 1.41 bits per heavy atom. The number of carbonyl (C=O) groups is 2. The molecule has 0 radical (unpaired) electrons. The summed E-state index contributed by atoms with van der Waals surface area (Å²) in [5.74, 6) is -0.174. The summed E-state index contributed by atoms with van der Waals surface area (Å²) in [4.78, 5) is 25.5. The third-order valence-electron chi connectivity index (χ3n) is 4.57. The van der Waals surface area contributed by atoms with Gasteiger partial charge in [-0.25, -0.2) is 4.79 Å². The molecule has 2 fully saturated rings. The van der Waals surface area contributed by atoms with Crippen molar-refractivity contribution >= 4 is 12.1 Å². The van der Waals surface area contributed by atoms with Gasteiger partial charge in [-0.15, -0.1) is 0 Å². The first-order valence-corrected chi connectivity index (χ1v) is 7.78. The zero-order valence-electron chi connectivity index (χ0n) is 12.8. The van der Waals surface area contributed by atoms with E-state index in [1.165, 1.54) is 0 Å². The summed E-state index contributed by atoms with van der Waals surface area (Å²) < 4.78 is 10.9. The van der Waals surface area contributed by atoms with Crippen molar-refractivity contribution in [2.45, 2.75) is 50.9 Å². The Hall–Kier alpha value is -2.04. The number of amides is 1. The molecule has 1 amide bonds. The molecule has 2 saturated heterocycles. The van der Waals surface area contributed by atoms with Gasteiger partial charge in [0, 0.05) is 13.0 Å². The smallest absolute Gasteiger partial charge is 0.410 e. The first-order valence-electron chi connectivity index (χ1n) is 7.78. The van der Waals surface area contributed by atoms with Gasteiger partial charge in [-0.2, -0.15) is 0 Å². The molecule has 5 nitrogen and oxygen atoms in total. The molecule has 2 aliphatic rings. The van der Waals surface area contributed by atoms with Gasteiger partial charge in [-0.3, -0.25) is 4.79 Å². The van der Waals surface area contributed by atoms with Crippen LogP contribution in [0.5, 0.6) is 0 Å². The fraction of sp³-hybridized carbons (Fsp3) is 0.529. The van der Waals surface area contributed by atoms with Gasteiger partial charge in [0.25, 0.3) is 0 Å². The molecule has 2 aliphatic heterocycles. The fourth-order valence-electron chi connectivity index (χ4n) is 3.37. The van der Waals surface area contributed by atoms with Crippen molar-refractivity contribution in [3.05, 3.63) is 35.9 Å². The molecule has 0 aromatic heterocycles. The van der Waals surface area contributed by atoms with Gasteiger partial charge in [0.05, 0.1) is 6.04 Å². The minimum atomic E-state index is -0.570. The molecule has 1 aromatic rings. The highest BCUT2D eigenvalue weighted by atomic mass is 16.6. The summed E-state index contributed by atoms with van der Waals surface area (Å²) >= 11 is 0. The number of esters is 1. The molecule has 2 atom stereocenters. The van der Waals surface area contributed by atoms with Gasteiger partial charge in [-0.05, 0) is 31.7 Å². The quantitative estimate of drug-likeness (QED) is 0.806. The minimum Gasteiger partial charge on any atom is -0.457 e. The predicted octanol–water partition coefficient (Wildman–Crippen LogP) is 2.88. The molecular weight excluding hydrogens is 282 g/mol. The van der Waals surface area contributed by atoms with Crippen LogP contribution in [0.15, 0.2) is 30.3 Å². The zero-order valence-corrected chi connectivity index (χ0v) is 12.8. The van der Waals surface area contributed by atoms with E-state index in [4.69, 9.17) is 9.47 Å². The lowest BCUT2D eigenvalue weighted by molar-refractivity contribution is -0.151. The normalized spacial score (nSPS) is 27.8. The van der Waals surface area contributed by atoms with Gasteiger partial charge in [0.1, 0.15) is 12.2 Å². The first-order chi connectivity index (χ1) is 10.6. The Morgan fingerprint density at radius 2 is 2.18 bits per heavy atom. The summed E-state index contributed by atoms with van der Waals surface area (Å²) in [7, 11) is 0. The maximum absolute atomic E-state index is 12.4. The molecule has 0 N–H and O–H groups in total. The summed E-state index contributed by atoms with van der Waals surface area (Å²) in [6, 6.07) is 9.53. The van der Waals surface area contributed by atoms with E-state index in [1.807, 2.05) is 37.3 Å². The second-order valence-corrected chi connectivity index (χ2v) is 6.18. The van der Waals surface area contributed by atoms with Gasteiger partial charge >= 0.3 is 12.1 Å². The highest BCUT2D eigenvalue weighted by Crippen LogP contribution is 2.37. The maximum Gasteiger partial charge on any atom is 0.410 e. The van der Waals surface area contributed by atoms with Crippen molar-refractivity contribution in [2.24, 2.45) is 0 Å². The zero-order chi connectivity index (χ0) is 15.6. The Balaban J connectivity index is 1.63. The number of cyclic esters (lactones) is 1. The average molecular weight is 303 g/mol. The molecule has 2 heterocycles. The monoisotopic (exact) mass is 303 g/mol. The van der Waals surface area contributed by atoms with E-state index >= 15 is 0 Å². The van der Waals surface area contributed by atoms with Crippen LogP contribution in [-0.4, -0.2) is 35.2 Å². The Labute approximate surface area is 130 Å². The van der Waals surface area contributed by atoms with Crippen LogP contribution in [0.25, 0.3) is 0 Å². The van der Waals surface area contributed by atoms with Crippen molar-refractivity contribution in [3.8, 4) is 0 Å². The number of hydrogen-bond donors (Lipinski definition) is 0. The Kier molecular flexibility index (Phi) is 4.05. The van der Waals surface area contributed by atoms with Crippen LogP contribution in [0.1, 0.15) is 38.2 Å². The van der Waals surface area contributed by atoms with Crippen LogP contribution in [-0.2, 0) is 20.9 Å². The molecule has 5 heteroatoms. The SMILES string of the molecule is C[C@@]1([C@@H]2CCCN2C(=O)OCc2ccccc2)CCC(=O)O1. The number of benzene rings is 1. The van der Waals surface area contributed by atoms with E-state index in [2.05, 4.69) is 0 Å². The van der Waals surface area contributed by atoms with Crippen LogP contribution in [0.4, 0.5) is 4.79 Å². The molecule has 22 heavy (non-hydrogen) atoms. The molecule has 0 saturated carbocycles. The van der Waals surface area contributed by atoms with Gasteiger partial charge < -0.3 is 14.4 Å². The standard InChI is InChI=1S/C17H21NO4/c1-17(10-9-15(19)22-17)14-8-5-11-18(14)16(20)21-12-13-6-3-2-4-7-13/h2-4,6-7,14H,5,8-12H2,1H3/t14-,17-/m0/s1. The van der Waals surface area contributed by atoms with Crippen LogP contribution in [0.3, 0.4) is 0 Å². The topological polar surface area (TPSA) is 55.8 Å². The van der Waals surface area contributed by atoms with Crippen molar-refractivity contribution in [1.82, 2.24) is 4.90 Å². The van der Waals surface area contributed by atoms with E-state index in [-0.39, 0.29) is 24.7 Å². The molecule has 0 bridgehead atoms. The van der Waals surface area contributed by atoms with Crippen molar-refractivity contribution in [3.63, 3.8) is 0 Å². The number of hydrogen-bond acceptors (Lipinski definition) is 4. The summed E-state index contributed by atoms with van der Waals surface area (Å²) in [6.45, 7) is 2.84. The number of rotatable bonds is 3. The van der Waals surface area contributed by atoms with E-state index < -0.39 is 5.60 Å². The molecule has 1 aromatic carbocycles. The molecule has 0 aliphatic carbocycles. The van der Waals surface area contributed by atoms with Crippen molar-refractivity contribution < 1.29 is 19.1 Å². The van der Waals surface area contributed by atoms with E-state index in [0.29, 0.717) is 19.4 Å². The van der Waals surface area contributed by atoms with E-state index in [0.717, 1.165) is 18.4 Å². The molecule has 0 unspecified atom stereocenters. The van der Waals surface area contributed by atoms with Crippen molar-refractivity contribution in [1.29, 1.82) is 0 Å². The molecule has 3 rings (SSSR count). The predicted molar refractivity (Wildman–Crippen MR) is 80.1 cm³/mol. The summed E-state index contributed by atoms with van der Waals surface area (Å²) in [6.07, 6.45) is 2.54. The molecular formula is C17H21NO4. The van der Waals surface area contributed by atoms with Gasteiger partial charge in [0.15, 0.2) is 0 Å². The van der Waals surface area contributed by atoms with Gasteiger partial charge in [-0.1, -0.05) is 30.3 Å². The first kappa shape index (κ1) is 14.9. The Morgan fingerprint density at radius 3 is 2.86 bits per heavy atom. The summed E-state index contributed by atoms with van der Waals surface area (Å²) in [5.41, 5.74) is 0.393. The third kappa shape index (κ3) is 2.93. The highest BCUT2D eigenvalue weighted by molar-refractivity contribution is 5.73. The lowest BCUT2D eigenvalue weighted by atomic mass is 9.91. The maximum atomic E-state index is 12.4. The summed E-state index contributed by atoms with van der Waals surface area (Å²) in [5, 5.41) is 0. The number of nitrogens with zero attached hydrogens (tertiary/aromatic N) is 1. The van der Waals surface area contributed by atoms with Crippen LogP contribution < -0.4 is 0 Å².